The molecule has 11 heteroatoms. The number of ether oxygens (including phenoxy) is 1. The van der Waals surface area contributed by atoms with E-state index in [1.807, 2.05) is 6.92 Å². The average molecular weight is 618 g/mol. The van der Waals surface area contributed by atoms with E-state index in [4.69, 9.17) is 11.2 Å². The second kappa shape index (κ2) is 14.9. The minimum absolute atomic E-state index is 0.0380. The summed E-state index contributed by atoms with van der Waals surface area (Å²) in [6.07, 6.45) is 2.24. The predicted octanol–water partition coefficient (Wildman–Crippen LogP) is 4.32. The first-order chi connectivity index (χ1) is 21.0. The van der Waals surface area contributed by atoms with Crippen molar-refractivity contribution in [3.8, 4) is 18.1 Å². The number of rotatable bonds is 8. The van der Waals surface area contributed by atoms with Crippen molar-refractivity contribution in [3.63, 3.8) is 0 Å². The molecule has 0 radical (unpaired) electrons. The molecule has 2 aromatic rings. The van der Waals surface area contributed by atoms with Gasteiger partial charge in [-0.1, -0.05) is 25.1 Å². The first kappa shape index (κ1) is 33.3. The Balaban J connectivity index is 1.55. The first-order valence-corrected chi connectivity index (χ1v) is 15.0. The highest BCUT2D eigenvalue weighted by molar-refractivity contribution is 5.93. The van der Waals surface area contributed by atoms with Crippen molar-refractivity contribution in [1.29, 1.82) is 0 Å². The van der Waals surface area contributed by atoms with Crippen LogP contribution in [0.15, 0.2) is 42.5 Å². The van der Waals surface area contributed by atoms with Gasteiger partial charge in [0, 0.05) is 38.7 Å². The van der Waals surface area contributed by atoms with Gasteiger partial charge in [-0.2, -0.15) is 13.2 Å². The van der Waals surface area contributed by atoms with Crippen LogP contribution in [0.25, 0.3) is 0 Å². The van der Waals surface area contributed by atoms with Gasteiger partial charge in [-0.3, -0.25) is 9.59 Å². The fourth-order valence-corrected chi connectivity index (χ4v) is 5.87. The van der Waals surface area contributed by atoms with E-state index in [0.29, 0.717) is 49.4 Å². The van der Waals surface area contributed by atoms with E-state index < -0.39 is 47.4 Å². The van der Waals surface area contributed by atoms with Gasteiger partial charge in [-0.05, 0) is 60.9 Å². The smallest absolute Gasteiger partial charge is 0.416 e. The molecule has 4 rings (SSSR count). The molecule has 1 fully saturated rings. The van der Waals surface area contributed by atoms with Crippen LogP contribution in [0.1, 0.15) is 49.3 Å². The summed E-state index contributed by atoms with van der Waals surface area (Å²) in [6, 6.07) is 8.16. The van der Waals surface area contributed by atoms with E-state index >= 15 is 0 Å². The minimum Gasteiger partial charge on any atom is -0.493 e. The van der Waals surface area contributed by atoms with Crippen molar-refractivity contribution in [1.82, 2.24) is 15.5 Å². The SMILES string of the molecule is C#CCC1C2C(=O)NC(C(O)CNCc3cccc(C(F)(F)F)c3)Cc3cc(F)cc(c3)OCCCCN(CCC)C(=O)C12. The molecule has 2 amide bonds. The molecule has 44 heavy (non-hydrogen) atoms. The molecule has 2 bridgehead atoms. The number of carbonyl (C=O) groups is 2. The van der Waals surface area contributed by atoms with Gasteiger partial charge in [0.1, 0.15) is 11.6 Å². The van der Waals surface area contributed by atoms with Crippen LogP contribution in [-0.2, 0) is 28.7 Å². The number of hydrogen-bond acceptors (Lipinski definition) is 5. The average Bonchev–Trinajstić information content (AvgIpc) is 3.68. The Hall–Kier alpha value is -3.62. The standard InChI is InChI=1S/C33H39F4N3O4/c1-3-8-26-29-30(26)32(43)40(11-4-2)12-5-6-13-44-25-16-22(15-24(34)18-25)17-27(39-31(29)42)28(41)20-38-19-21-9-7-10-23(14-21)33(35,36)37/h1,7,9-10,14-16,18,26-30,38,41H,4-6,8,11-13,17,19-20H2,2H3,(H,39,42). The van der Waals surface area contributed by atoms with Crippen LogP contribution >= 0.6 is 0 Å². The van der Waals surface area contributed by atoms with E-state index in [2.05, 4.69) is 16.6 Å². The molecular weight excluding hydrogens is 578 g/mol. The van der Waals surface area contributed by atoms with Crippen LogP contribution in [-0.4, -0.2) is 60.2 Å². The van der Waals surface area contributed by atoms with E-state index in [0.717, 1.165) is 18.6 Å². The number of terminal acetylenes is 1. The Morgan fingerprint density at radius 2 is 1.98 bits per heavy atom. The fraction of sp³-hybridized carbons (Fsp3) is 0.515. The van der Waals surface area contributed by atoms with Gasteiger partial charge in [-0.15, -0.1) is 12.3 Å². The third kappa shape index (κ3) is 8.73. The van der Waals surface area contributed by atoms with Crippen LogP contribution in [0.4, 0.5) is 17.6 Å². The Morgan fingerprint density at radius 3 is 2.70 bits per heavy atom. The van der Waals surface area contributed by atoms with Crippen LogP contribution in [0.3, 0.4) is 0 Å². The van der Waals surface area contributed by atoms with Crippen molar-refractivity contribution < 1.29 is 37.0 Å². The molecule has 5 atom stereocenters. The van der Waals surface area contributed by atoms with Crippen LogP contribution in [0.2, 0.25) is 0 Å². The molecule has 3 N–H and O–H groups in total. The molecule has 0 saturated heterocycles. The third-order valence-corrected chi connectivity index (χ3v) is 8.12. The Bertz CT molecular complexity index is 1350. The largest absolute Gasteiger partial charge is 0.493 e. The molecule has 2 aliphatic rings. The molecule has 0 aromatic heterocycles. The van der Waals surface area contributed by atoms with Gasteiger partial charge >= 0.3 is 6.18 Å². The molecule has 1 saturated carbocycles. The number of halogens is 4. The maximum Gasteiger partial charge on any atom is 0.416 e. The molecule has 0 spiro atoms. The normalized spacial score (nSPS) is 23.6. The monoisotopic (exact) mass is 617 g/mol. The highest BCUT2D eigenvalue weighted by Gasteiger charge is 2.59. The lowest BCUT2D eigenvalue weighted by molar-refractivity contribution is -0.137. The topological polar surface area (TPSA) is 90.9 Å². The third-order valence-electron chi connectivity index (χ3n) is 8.12. The molecule has 238 valence electrons. The summed E-state index contributed by atoms with van der Waals surface area (Å²) < 4.78 is 59.7. The van der Waals surface area contributed by atoms with Crippen molar-refractivity contribution >= 4 is 11.8 Å². The Kier molecular flexibility index (Phi) is 11.3. The summed E-state index contributed by atoms with van der Waals surface area (Å²) in [6.45, 7) is 3.29. The summed E-state index contributed by atoms with van der Waals surface area (Å²) >= 11 is 0. The fourth-order valence-electron chi connectivity index (χ4n) is 5.87. The second-order valence-electron chi connectivity index (χ2n) is 11.5. The molecule has 1 aliphatic heterocycles. The molecule has 1 aliphatic carbocycles. The van der Waals surface area contributed by atoms with Crippen LogP contribution < -0.4 is 15.4 Å². The number of carbonyl (C=O) groups excluding carboxylic acids is 2. The molecule has 2 aromatic carbocycles. The second-order valence-corrected chi connectivity index (χ2v) is 11.5. The van der Waals surface area contributed by atoms with Crippen molar-refractivity contribution in [2.75, 3.05) is 26.2 Å². The van der Waals surface area contributed by atoms with Gasteiger partial charge in [0.2, 0.25) is 11.8 Å². The van der Waals surface area contributed by atoms with E-state index in [-0.39, 0.29) is 37.8 Å². The van der Waals surface area contributed by atoms with Crippen molar-refractivity contribution in [3.05, 3.63) is 65.0 Å². The number of nitrogens with zero attached hydrogens (tertiary/aromatic N) is 1. The zero-order valence-corrected chi connectivity index (χ0v) is 24.7. The van der Waals surface area contributed by atoms with Crippen molar-refractivity contribution in [2.24, 2.45) is 17.8 Å². The molecule has 7 nitrogen and oxygen atoms in total. The van der Waals surface area contributed by atoms with E-state index in [1.165, 1.54) is 24.3 Å². The summed E-state index contributed by atoms with van der Waals surface area (Å²) in [5.41, 5.74) is 0.0694. The summed E-state index contributed by atoms with van der Waals surface area (Å²) in [4.78, 5) is 28.9. The van der Waals surface area contributed by atoms with Crippen LogP contribution in [0, 0.1) is 35.9 Å². The number of fused-ring (bicyclic) bond motifs is 3. The number of aliphatic hydroxyl groups excluding tert-OH is 1. The van der Waals surface area contributed by atoms with Crippen molar-refractivity contribution in [2.45, 2.75) is 63.9 Å². The maximum absolute atomic E-state index is 14.6. The van der Waals surface area contributed by atoms with E-state index in [1.54, 1.807) is 11.0 Å². The zero-order chi connectivity index (χ0) is 31.9. The Morgan fingerprint density at radius 1 is 1.18 bits per heavy atom. The number of benzene rings is 2. The number of amides is 2. The predicted molar refractivity (Wildman–Crippen MR) is 157 cm³/mol. The van der Waals surface area contributed by atoms with Gasteiger partial charge < -0.3 is 25.4 Å². The summed E-state index contributed by atoms with van der Waals surface area (Å²) in [5.74, 6) is 0.242. The van der Waals surface area contributed by atoms with Gasteiger partial charge in [0.25, 0.3) is 0 Å². The maximum atomic E-state index is 14.6. The highest BCUT2D eigenvalue weighted by Crippen LogP contribution is 2.50. The lowest BCUT2D eigenvalue weighted by Gasteiger charge is -2.26. The number of nitrogens with one attached hydrogen (secondary N) is 2. The molecular formula is C33H39F4N3O4. The van der Waals surface area contributed by atoms with Gasteiger partial charge in [0.05, 0.1) is 36.2 Å². The first-order valence-electron chi connectivity index (χ1n) is 15.0. The molecule has 1 heterocycles. The van der Waals surface area contributed by atoms with Gasteiger partial charge in [0.15, 0.2) is 0 Å². The lowest BCUT2D eigenvalue weighted by atomic mass is 9.99. The quantitative estimate of drug-likeness (QED) is 0.303. The van der Waals surface area contributed by atoms with Gasteiger partial charge in [-0.25, -0.2) is 4.39 Å². The van der Waals surface area contributed by atoms with E-state index in [9.17, 15) is 32.3 Å². The number of aliphatic hydroxyl groups is 1. The lowest BCUT2D eigenvalue weighted by Crippen LogP contribution is -2.49. The number of alkyl halides is 3. The van der Waals surface area contributed by atoms with Crippen LogP contribution in [0.5, 0.6) is 5.75 Å². The number of hydrogen-bond donors (Lipinski definition) is 3. The highest BCUT2D eigenvalue weighted by atomic mass is 19.4. The summed E-state index contributed by atoms with van der Waals surface area (Å²) in [5, 5.41) is 17.0. The Labute approximate surface area is 255 Å². The minimum atomic E-state index is -4.48. The zero-order valence-electron chi connectivity index (χ0n) is 24.7. The molecule has 5 unspecified atom stereocenters. The summed E-state index contributed by atoms with van der Waals surface area (Å²) in [7, 11) is 0.